The molecule has 5 nitrogen and oxygen atoms in total. The van der Waals surface area contributed by atoms with Gasteiger partial charge in [0, 0.05) is 36.8 Å². The molecule has 1 atom stereocenters. The van der Waals surface area contributed by atoms with Crippen molar-refractivity contribution in [2.45, 2.75) is 26.3 Å². The molecular weight excluding hydrogens is 314 g/mol. The number of hydrogen-bond acceptors (Lipinski definition) is 3. The van der Waals surface area contributed by atoms with Gasteiger partial charge in [-0.05, 0) is 36.6 Å². The lowest BCUT2D eigenvalue weighted by atomic mass is 10.0. The summed E-state index contributed by atoms with van der Waals surface area (Å²) in [6.45, 7) is 6.22. The van der Waals surface area contributed by atoms with Gasteiger partial charge in [0.25, 0.3) is 5.91 Å². The second kappa shape index (κ2) is 7.79. The van der Waals surface area contributed by atoms with Gasteiger partial charge in [-0.15, -0.1) is 0 Å². The monoisotopic (exact) mass is 337 g/mol. The zero-order valence-corrected chi connectivity index (χ0v) is 14.4. The van der Waals surface area contributed by atoms with Crippen molar-refractivity contribution in [1.29, 1.82) is 0 Å². The van der Waals surface area contributed by atoms with Crippen LogP contribution in [0.5, 0.6) is 0 Å². The minimum Gasteiger partial charge on any atom is -0.340 e. The molecule has 0 spiro atoms. The summed E-state index contributed by atoms with van der Waals surface area (Å²) in [5, 5.41) is 0.608. The Morgan fingerprint density at radius 3 is 2.22 bits per heavy atom. The van der Waals surface area contributed by atoms with Crippen LogP contribution in [-0.4, -0.2) is 53.8 Å². The molecule has 0 aromatic heterocycles. The van der Waals surface area contributed by atoms with Crippen LogP contribution in [0, 0.1) is 5.92 Å². The number of nitrogens with two attached hydrogens (primary N) is 1. The molecule has 1 fully saturated rings. The maximum Gasteiger partial charge on any atom is 0.253 e. The van der Waals surface area contributed by atoms with Crippen molar-refractivity contribution in [3.8, 4) is 0 Å². The minimum atomic E-state index is -0.478. The topological polar surface area (TPSA) is 66.6 Å². The first-order chi connectivity index (χ1) is 10.9. The van der Waals surface area contributed by atoms with E-state index in [0.717, 1.165) is 6.42 Å². The Kier molecular flexibility index (Phi) is 6.02. The number of carbonyl (C=O) groups excluding carboxylic acids is 2. The molecular formula is C17H24ClN3O2. The van der Waals surface area contributed by atoms with Crippen LogP contribution in [0.15, 0.2) is 24.3 Å². The summed E-state index contributed by atoms with van der Waals surface area (Å²) in [7, 11) is 0. The highest BCUT2D eigenvalue weighted by Crippen LogP contribution is 2.14. The Balaban J connectivity index is 1.99. The van der Waals surface area contributed by atoms with Gasteiger partial charge in [0.2, 0.25) is 5.91 Å². The van der Waals surface area contributed by atoms with Crippen molar-refractivity contribution >= 4 is 23.4 Å². The van der Waals surface area contributed by atoms with Gasteiger partial charge in [0.1, 0.15) is 0 Å². The van der Waals surface area contributed by atoms with Gasteiger partial charge in [0.05, 0.1) is 6.04 Å². The third kappa shape index (κ3) is 4.45. The molecule has 126 valence electrons. The smallest absolute Gasteiger partial charge is 0.253 e. The molecule has 0 saturated carbocycles. The van der Waals surface area contributed by atoms with E-state index in [4.69, 9.17) is 17.3 Å². The highest BCUT2D eigenvalue weighted by Gasteiger charge is 2.27. The van der Waals surface area contributed by atoms with Crippen molar-refractivity contribution in [3.05, 3.63) is 34.9 Å². The molecule has 0 aliphatic carbocycles. The molecule has 0 radical (unpaired) electrons. The summed E-state index contributed by atoms with van der Waals surface area (Å²) in [5.41, 5.74) is 6.58. The van der Waals surface area contributed by atoms with Crippen LogP contribution in [0.2, 0.25) is 5.02 Å². The van der Waals surface area contributed by atoms with Crippen molar-refractivity contribution < 1.29 is 9.59 Å². The minimum absolute atomic E-state index is 0.0240. The highest BCUT2D eigenvalue weighted by atomic mass is 35.5. The van der Waals surface area contributed by atoms with Gasteiger partial charge in [-0.1, -0.05) is 25.4 Å². The lowest BCUT2D eigenvalue weighted by Gasteiger charge is -2.26. The fraction of sp³-hybridized carbons (Fsp3) is 0.529. The Morgan fingerprint density at radius 1 is 1.04 bits per heavy atom. The summed E-state index contributed by atoms with van der Waals surface area (Å²) in [6, 6.07) is 6.41. The number of carbonyl (C=O) groups is 2. The average Bonchev–Trinajstić information content (AvgIpc) is 2.79. The Hall–Kier alpha value is -1.59. The maximum atomic E-state index is 12.5. The van der Waals surface area contributed by atoms with Crippen LogP contribution in [-0.2, 0) is 4.79 Å². The van der Waals surface area contributed by atoms with Crippen LogP contribution in [0.4, 0.5) is 0 Å². The second-order valence-electron chi connectivity index (χ2n) is 6.25. The molecule has 1 heterocycles. The predicted molar refractivity (Wildman–Crippen MR) is 91.4 cm³/mol. The van der Waals surface area contributed by atoms with Crippen LogP contribution in [0.25, 0.3) is 0 Å². The lowest BCUT2D eigenvalue weighted by Crippen LogP contribution is -2.47. The number of halogens is 1. The summed E-state index contributed by atoms with van der Waals surface area (Å²) in [6.07, 6.45) is 0.760. The number of benzene rings is 1. The van der Waals surface area contributed by atoms with Crippen molar-refractivity contribution in [1.82, 2.24) is 9.80 Å². The fourth-order valence-electron chi connectivity index (χ4n) is 2.61. The Bertz CT molecular complexity index is 559. The van der Waals surface area contributed by atoms with Crippen LogP contribution < -0.4 is 5.73 Å². The molecule has 2 N–H and O–H groups in total. The molecule has 2 rings (SSSR count). The third-order valence-electron chi connectivity index (χ3n) is 4.19. The molecule has 1 aliphatic rings. The van der Waals surface area contributed by atoms with Gasteiger partial charge in [0.15, 0.2) is 0 Å². The van der Waals surface area contributed by atoms with Gasteiger partial charge in [-0.2, -0.15) is 0 Å². The highest BCUT2D eigenvalue weighted by molar-refractivity contribution is 6.30. The van der Waals surface area contributed by atoms with E-state index in [0.29, 0.717) is 36.8 Å². The predicted octanol–water partition coefficient (Wildman–Crippen LogP) is 2.00. The van der Waals surface area contributed by atoms with E-state index >= 15 is 0 Å². The number of rotatable bonds is 3. The first-order valence-corrected chi connectivity index (χ1v) is 8.37. The Morgan fingerprint density at radius 2 is 1.61 bits per heavy atom. The van der Waals surface area contributed by atoms with E-state index in [1.54, 1.807) is 34.1 Å². The van der Waals surface area contributed by atoms with E-state index in [1.165, 1.54) is 0 Å². The van der Waals surface area contributed by atoms with Gasteiger partial charge in [-0.3, -0.25) is 9.59 Å². The molecule has 23 heavy (non-hydrogen) atoms. The average molecular weight is 338 g/mol. The van der Waals surface area contributed by atoms with Gasteiger partial charge < -0.3 is 15.5 Å². The largest absolute Gasteiger partial charge is 0.340 e. The summed E-state index contributed by atoms with van der Waals surface area (Å²) in [5.74, 6) is 0.0578. The normalized spacial score (nSPS) is 17.1. The standard InChI is InChI=1S/C17H24ClN3O2/c1-12(2)15(19)17(23)21-9-3-8-20(10-11-21)16(22)13-4-6-14(18)7-5-13/h4-7,12,15H,3,8-11,19H2,1-2H3/t15-/m0/s1. The molecule has 6 heteroatoms. The fourth-order valence-corrected chi connectivity index (χ4v) is 2.74. The van der Waals surface area contributed by atoms with E-state index in [9.17, 15) is 9.59 Å². The molecule has 1 aliphatic heterocycles. The molecule has 0 bridgehead atoms. The van der Waals surface area contributed by atoms with Gasteiger partial charge >= 0.3 is 0 Å². The van der Waals surface area contributed by atoms with Crippen LogP contribution in [0.3, 0.4) is 0 Å². The van der Waals surface area contributed by atoms with Crippen molar-refractivity contribution in [2.24, 2.45) is 11.7 Å². The van der Waals surface area contributed by atoms with Crippen LogP contribution in [0.1, 0.15) is 30.6 Å². The van der Waals surface area contributed by atoms with E-state index in [-0.39, 0.29) is 17.7 Å². The van der Waals surface area contributed by atoms with Gasteiger partial charge in [-0.25, -0.2) is 0 Å². The third-order valence-corrected chi connectivity index (χ3v) is 4.44. The Labute approximate surface area is 142 Å². The number of amides is 2. The molecule has 1 saturated heterocycles. The first-order valence-electron chi connectivity index (χ1n) is 7.99. The molecule has 0 unspecified atom stereocenters. The zero-order chi connectivity index (χ0) is 17.0. The van der Waals surface area contributed by atoms with Crippen molar-refractivity contribution in [3.63, 3.8) is 0 Å². The van der Waals surface area contributed by atoms with Crippen molar-refractivity contribution in [2.75, 3.05) is 26.2 Å². The lowest BCUT2D eigenvalue weighted by molar-refractivity contribution is -0.133. The van der Waals surface area contributed by atoms with E-state index in [2.05, 4.69) is 0 Å². The summed E-state index contributed by atoms with van der Waals surface area (Å²) < 4.78 is 0. The van der Waals surface area contributed by atoms with E-state index in [1.807, 2.05) is 13.8 Å². The molecule has 1 aromatic carbocycles. The summed E-state index contributed by atoms with van der Waals surface area (Å²) >= 11 is 5.86. The van der Waals surface area contributed by atoms with E-state index < -0.39 is 6.04 Å². The number of hydrogen-bond donors (Lipinski definition) is 1. The molecule has 2 amide bonds. The summed E-state index contributed by atoms with van der Waals surface area (Å²) in [4.78, 5) is 28.5. The zero-order valence-electron chi connectivity index (χ0n) is 13.7. The number of nitrogens with zero attached hydrogens (tertiary/aromatic N) is 2. The quantitative estimate of drug-likeness (QED) is 0.917. The first kappa shape index (κ1) is 17.8. The maximum absolute atomic E-state index is 12.5. The molecule has 1 aromatic rings. The second-order valence-corrected chi connectivity index (χ2v) is 6.68. The van der Waals surface area contributed by atoms with Crippen LogP contribution >= 0.6 is 11.6 Å². The SMILES string of the molecule is CC(C)[C@H](N)C(=O)N1CCCN(C(=O)c2ccc(Cl)cc2)CC1.